The Morgan fingerprint density at radius 1 is 1.41 bits per heavy atom. The van der Waals surface area contributed by atoms with Crippen LogP contribution in [0.25, 0.3) is 0 Å². The highest BCUT2D eigenvalue weighted by Crippen LogP contribution is 2.28. The molecule has 1 unspecified atom stereocenters. The predicted octanol–water partition coefficient (Wildman–Crippen LogP) is 1.24. The molecule has 2 aromatic rings. The SMILES string of the molecule is COC(C(=O)N1CCC(c2cnc[nH]2)CC1)c1cnn(C)c1. The number of aromatic amines is 1. The van der Waals surface area contributed by atoms with Crippen molar-refractivity contribution < 1.29 is 9.53 Å². The number of imidazole rings is 1. The molecular weight excluding hydrogens is 282 g/mol. The molecule has 1 fully saturated rings. The van der Waals surface area contributed by atoms with Gasteiger partial charge in [0.15, 0.2) is 6.10 Å². The summed E-state index contributed by atoms with van der Waals surface area (Å²) in [4.78, 5) is 21.8. The van der Waals surface area contributed by atoms with Crippen molar-refractivity contribution in [3.8, 4) is 0 Å². The monoisotopic (exact) mass is 303 g/mol. The topological polar surface area (TPSA) is 76.0 Å². The first-order chi connectivity index (χ1) is 10.7. The number of hydrogen-bond acceptors (Lipinski definition) is 4. The van der Waals surface area contributed by atoms with Gasteiger partial charge in [-0.25, -0.2) is 4.98 Å². The van der Waals surface area contributed by atoms with Crippen molar-refractivity contribution >= 4 is 5.91 Å². The summed E-state index contributed by atoms with van der Waals surface area (Å²) in [5.74, 6) is 0.462. The number of methoxy groups -OCH3 is 1. The van der Waals surface area contributed by atoms with Gasteiger partial charge in [0, 0.05) is 56.8 Å². The van der Waals surface area contributed by atoms with E-state index in [-0.39, 0.29) is 5.91 Å². The lowest BCUT2D eigenvalue weighted by Crippen LogP contribution is -2.41. The molecule has 0 aromatic carbocycles. The number of likely N-dealkylation sites (tertiary alicyclic amines) is 1. The van der Waals surface area contributed by atoms with Crippen molar-refractivity contribution in [1.29, 1.82) is 0 Å². The molecule has 2 aromatic heterocycles. The molecule has 0 bridgehead atoms. The van der Waals surface area contributed by atoms with E-state index in [1.807, 2.05) is 24.3 Å². The summed E-state index contributed by atoms with van der Waals surface area (Å²) in [6, 6.07) is 0. The first kappa shape index (κ1) is 14.8. The summed E-state index contributed by atoms with van der Waals surface area (Å²) in [6.45, 7) is 1.48. The normalized spacial score (nSPS) is 17.6. The molecule has 7 nitrogen and oxygen atoms in total. The van der Waals surface area contributed by atoms with Crippen molar-refractivity contribution in [3.63, 3.8) is 0 Å². The van der Waals surface area contributed by atoms with Crippen LogP contribution in [0.2, 0.25) is 0 Å². The van der Waals surface area contributed by atoms with Crippen molar-refractivity contribution in [2.24, 2.45) is 7.05 Å². The van der Waals surface area contributed by atoms with Crippen LogP contribution in [-0.2, 0) is 16.6 Å². The van der Waals surface area contributed by atoms with Crippen LogP contribution < -0.4 is 0 Å². The molecule has 0 spiro atoms. The standard InChI is InChI=1S/C15H21N5O2/c1-19-9-12(7-18-19)14(22-2)15(21)20-5-3-11(4-6-20)13-8-16-10-17-13/h7-11,14H,3-6H2,1-2H3,(H,16,17). The number of aryl methyl sites for hydroxylation is 1. The summed E-state index contributed by atoms with van der Waals surface area (Å²) in [7, 11) is 3.39. The summed E-state index contributed by atoms with van der Waals surface area (Å²) >= 11 is 0. The quantitative estimate of drug-likeness (QED) is 0.922. The van der Waals surface area contributed by atoms with Crippen molar-refractivity contribution in [3.05, 3.63) is 36.2 Å². The summed E-state index contributed by atoms with van der Waals surface area (Å²) in [5.41, 5.74) is 1.95. The van der Waals surface area contributed by atoms with Gasteiger partial charge in [0.2, 0.25) is 0 Å². The molecule has 118 valence electrons. The molecule has 3 rings (SSSR count). The lowest BCUT2D eigenvalue weighted by molar-refractivity contribution is -0.143. The van der Waals surface area contributed by atoms with E-state index in [2.05, 4.69) is 15.1 Å². The van der Waals surface area contributed by atoms with Crippen LogP contribution in [0.3, 0.4) is 0 Å². The van der Waals surface area contributed by atoms with Crippen molar-refractivity contribution in [2.75, 3.05) is 20.2 Å². The maximum Gasteiger partial charge on any atom is 0.256 e. The summed E-state index contributed by atoms with van der Waals surface area (Å²) < 4.78 is 7.08. The molecule has 1 aliphatic rings. The van der Waals surface area contributed by atoms with Crippen LogP contribution in [0.4, 0.5) is 0 Å². The van der Waals surface area contributed by atoms with Gasteiger partial charge in [0.25, 0.3) is 5.91 Å². The molecule has 1 atom stereocenters. The second kappa shape index (κ2) is 6.31. The largest absolute Gasteiger partial charge is 0.367 e. The Morgan fingerprint density at radius 3 is 2.73 bits per heavy atom. The number of carbonyl (C=O) groups excluding carboxylic acids is 1. The van der Waals surface area contributed by atoms with E-state index in [0.717, 1.165) is 37.2 Å². The molecule has 0 aliphatic carbocycles. The van der Waals surface area contributed by atoms with E-state index in [1.165, 1.54) is 0 Å². The number of rotatable bonds is 4. The highest BCUT2D eigenvalue weighted by Gasteiger charge is 2.30. The fourth-order valence-electron chi connectivity index (χ4n) is 3.02. The number of carbonyl (C=O) groups is 1. The fourth-order valence-corrected chi connectivity index (χ4v) is 3.02. The molecule has 3 heterocycles. The van der Waals surface area contributed by atoms with Gasteiger partial charge < -0.3 is 14.6 Å². The number of nitrogens with zero attached hydrogens (tertiary/aromatic N) is 4. The van der Waals surface area contributed by atoms with Gasteiger partial charge in [0.05, 0.1) is 12.5 Å². The van der Waals surface area contributed by atoms with Gasteiger partial charge in [-0.1, -0.05) is 0 Å². The maximum absolute atomic E-state index is 12.7. The molecule has 1 N–H and O–H groups in total. The van der Waals surface area contributed by atoms with Crippen LogP contribution in [0.5, 0.6) is 0 Å². The van der Waals surface area contributed by atoms with E-state index < -0.39 is 6.10 Å². The zero-order valence-corrected chi connectivity index (χ0v) is 12.9. The second-order valence-corrected chi connectivity index (χ2v) is 5.67. The minimum Gasteiger partial charge on any atom is -0.367 e. The Labute approximate surface area is 129 Å². The van der Waals surface area contributed by atoms with Gasteiger partial charge in [-0.3, -0.25) is 9.48 Å². The van der Waals surface area contributed by atoms with Gasteiger partial charge in [-0.05, 0) is 12.8 Å². The lowest BCUT2D eigenvalue weighted by atomic mass is 9.93. The molecule has 1 aliphatic heterocycles. The van der Waals surface area contributed by atoms with Crippen molar-refractivity contribution in [1.82, 2.24) is 24.6 Å². The zero-order chi connectivity index (χ0) is 15.5. The number of piperidine rings is 1. The number of amides is 1. The first-order valence-electron chi connectivity index (χ1n) is 7.47. The fraction of sp³-hybridized carbons (Fsp3) is 0.533. The number of H-pyrrole nitrogens is 1. The summed E-state index contributed by atoms with van der Waals surface area (Å²) in [5, 5.41) is 4.11. The smallest absolute Gasteiger partial charge is 0.256 e. The number of aromatic nitrogens is 4. The van der Waals surface area contributed by atoms with Crippen LogP contribution in [0.1, 0.15) is 36.1 Å². The van der Waals surface area contributed by atoms with Gasteiger partial charge >= 0.3 is 0 Å². The molecular formula is C15H21N5O2. The molecule has 7 heteroatoms. The van der Waals surface area contributed by atoms with Crippen LogP contribution in [0, 0.1) is 0 Å². The van der Waals surface area contributed by atoms with Crippen molar-refractivity contribution in [2.45, 2.75) is 24.9 Å². The highest BCUT2D eigenvalue weighted by molar-refractivity contribution is 5.82. The Morgan fingerprint density at radius 2 is 2.18 bits per heavy atom. The van der Waals surface area contributed by atoms with Gasteiger partial charge in [0.1, 0.15) is 0 Å². The molecule has 0 saturated carbocycles. The number of ether oxygens (including phenoxy) is 1. The Balaban J connectivity index is 1.63. The average Bonchev–Trinajstić information content (AvgIpc) is 3.20. The molecule has 1 amide bonds. The minimum absolute atomic E-state index is 0.0126. The molecule has 22 heavy (non-hydrogen) atoms. The molecule has 1 saturated heterocycles. The Hall–Kier alpha value is -2.15. The van der Waals surface area contributed by atoms with E-state index in [9.17, 15) is 4.79 Å². The van der Waals surface area contributed by atoms with Gasteiger partial charge in [-0.2, -0.15) is 5.10 Å². The van der Waals surface area contributed by atoms with E-state index in [0.29, 0.717) is 5.92 Å². The Kier molecular flexibility index (Phi) is 4.24. The number of nitrogens with one attached hydrogen (secondary N) is 1. The average molecular weight is 303 g/mol. The van der Waals surface area contributed by atoms with Gasteiger partial charge in [-0.15, -0.1) is 0 Å². The van der Waals surface area contributed by atoms with E-state index >= 15 is 0 Å². The maximum atomic E-state index is 12.7. The highest BCUT2D eigenvalue weighted by atomic mass is 16.5. The second-order valence-electron chi connectivity index (χ2n) is 5.67. The van der Waals surface area contributed by atoms with Crippen LogP contribution in [-0.4, -0.2) is 50.8 Å². The molecule has 0 radical (unpaired) electrons. The first-order valence-corrected chi connectivity index (χ1v) is 7.47. The lowest BCUT2D eigenvalue weighted by Gasteiger charge is -2.33. The minimum atomic E-state index is -0.572. The Bertz CT molecular complexity index is 614. The van der Waals surface area contributed by atoms with Crippen LogP contribution in [0.15, 0.2) is 24.9 Å². The van der Waals surface area contributed by atoms with Crippen LogP contribution >= 0.6 is 0 Å². The third-order valence-corrected chi connectivity index (χ3v) is 4.25. The number of hydrogen-bond donors (Lipinski definition) is 1. The van der Waals surface area contributed by atoms with E-state index in [4.69, 9.17) is 4.74 Å². The third-order valence-electron chi connectivity index (χ3n) is 4.25. The zero-order valence-electron chi connectivity index (χ0n) is 12.9. The van der Waals surface area contributed by atoms with E-state index in [1.54, 1.807) is 24.3 Å². The summed E-state index contributed by atoms with van der Waals surface area (Å²) in [6.07, 6.45) is 8.39. The third kappa shape index (κ3) is 2.89. The predicted molar refractivity (Wildman–Crippen MR) is 80.1 cm³/mol.